The van der Waals surface area contributed by atoms with Crippen LogP contribution < -0.4 is 9.80 Å². The number of anilines is 2. The Kier molecular flexibility index (Phi) is 5.81. The zero-order valence-corrected chi connectivity index (χ0v) is 21.0. The van der Waals surface area contributed by atoms with Gasteiger partial charge in [-0.3, -0.25) is 19.2 Å². The lowest BCUT2D eigenvalue weighted by atomic mass is 10.0. The molecule has 2 N–H and O–H groups in total. The van der Waals surface area contributed by atoms with E-state index in [1.165, 1.54) is 36.4 Å². The third kappa shape index (κ3) is 4.14. The smallest absolute Gasteiger partial charge is 0.335 e. The summed E-state index contributed by atoms with van der Waals surface area (Å²) >= 11 is 0. The highest BCUT2D eigenvalue weighted by Gasteiger charge is 2.38. The van der Waals surface area contributed by atoms with Crippen LogP contribution in [0.2, 0.25) is 0 Å². The summed E-state index contributed by atoms with van der Waals surface area (Å²) in [6.45, 7) is 0. The van der Waals surface area contributed by atoms with Gasteiger partial charge in [0, 0.05) is 0 Å². The second kappa shape index (κ2) is 9.38. The average Bonchev–Trinajstić information content (AvgIpc) is 3.37. The monoisotopic (exact) mass is 546 g/mol. The van der Waals surface area contributed by atoms with Crippen molar-refractivity contribution in [2.24, 2.45) is 0 Å². The van der Waals surface area contributed by atoms with Gasteiger partial charge in [0.25, 0.3) is 23.6 Å². The van der Waals surface area contributed by atoms with E-state index in [1.807, 2.05) is 0 Å². The SMILES string of the molecule is O=C(O)c1ccc2c(c1)C(=O)N(c1ccc(Cc3ccc(N4C(=O)c5ccc(C(=O)O)cc5C4=O)cc3)cc1)C2=O. The average molecular weight is 546 g/mol. The number of carbonyl (C=O) groups is 6. The predicted octanol–water partition coefficient (Wildman–Crippen LogP) is 4.28. The molecule has 4 aromatic rings. The number of rotatable bonds is 6. The van der Waals surface area contributed by atoms with E-state index in [9.17, 15) is 39.0 Å². The maximum atomic E-state index is 12.9. The van der Waals surface area contributed by atoms with Crippen molar-refractivity contribution in [1.29, 1.82) is 0 Å². The molecule has 200 valence electrons. The van der Waals surface area contributed by atoms with Crippen LogP contribution in [0.25, 0.3) is 0 Å². The molecule has 0 spiro atoms. The van der Waals surface area contributed by atoms with Crippen molar-refractivity contribution in [3.8, 4) is 0 Å². The molecule has 0 unspecified atom stereocenters. The summed E-state index contributed by atoms with van der Waals surface area (Å²) in [6, 6.07) is 21.2. The van der Waals surface area contributed by atoms with E-state index in [1.54, 1.807) is 48.5 Å². The molecule has 0 atom stereocenters. The zero-order chi connectivity index (χ0) is 29.0. The Morgan fingerprint density at radius 2 is 0.829 bits per heavy atom. The Morgan fingerprint density at radius 3 is 1.17 bits per heavy atom. The van der Waals surface area contributed by atoms with Crippen molar-refractivity contribution in [2.45, 2.75) is 6.42 Å². The Labute approximate surface area is 231 Å². The summed E-state index contributed by atoms with van der Waals surface area (Å²) in [6.07, 6.45) is 0.481. The van der Waals surface area contributed by atoms with E-state index in [0.717, 1.165) is 20.9 Å². The van der Waals surface area contributed by atoms with Crippen LogP contribution >= 0.6 is 0 Å². The van der Waals surface area contributed by atoms with Gasteiger partial charge in [-0.1, -0.05) is 24.3 Å². The number of imide groups is 2. The molecule has 4 amide bonds. The molecule has 2 aliphatic rings. The lowest BCUT2D eigenvalue weighted by Crippen LogP contribution is -2.29. The quantitative estimate of drug-likeness (QED) is 0.341. The molecular formula is C31H18N2O8. The van der Waals surface area contributed by atoms with Crippen LogP contribution in [0.4, 0.5) is 11.4 Å². The molecular weight excluding hydrogens is 528 g/mol. The largest absolute Gasteiger partial charge is 0.478 e. The number of benzene rings is 4. The topological polar surface area (TPSA) is 149 Å². The number of amides is 4. The van der Waals surface area contributed by atoms with Crippen LogP contribution in [-0.4, -0.2) is 45.8 Å². The van der Waals surface area contributed by atoms with E-state index >= 15 is 0 Å². The Bertz CT molecular complexity index is 1710. The van der Waals surface area contributed by atoms with Gasteiger partial charge >= 0.3 is 11.9 Å². The summed E-state index contributed by atoms with van der Waals surface area (Å²) in [5.41, 5.74) is 2.65. The van der Waals surface area contributed by atoms with E-state index in [2.05, 4.69) is 0 Å². The molecule has 0 aliphatic carbocycles. The number of hydrogen-bond donors (Lipinski definition) is 2. The molecule has 2 aliphatic heterocycles. The van der Waals surface area contributed by atoms with Gasteiger partial charge in [0.2, 0.25) is 0 Å². The summed E-state index contributed by atoms with van der Waals surface area (Å²) in [5, 5.41) is 18.4. The van der Waals surface area contributed by atoms with Crippen molar-refractivity contribution < 1.29 is 39.0 Å². The summed E-state index contributed by atoms with van der Waals surface area (Å²) in [4.78, 5) is 76.0. The molecule has 0 fully saturated rings. The standard InChI is InChI=1S/C31H18N2O8/c34-26-22-11-5-18(30(38)39)14-24(22)28(36)32(26)20-7-1-16(2-8-20)13-17-3-9-21(10-4-17)33-27(35)23-12-6-19(31(40)41)15-25(23)29(33)37/h1-12,14-15H,13H2,(H,38,39)(H,40,41). The minimum Gasteiger partial charge on any atom is -0.478 e. The van der Waals surface area contributed by atoms with Gasteiger partial charge in [-0.15, -0.1) is 0 Å². The highest BCUT2D eigenvalue weighted by atomic mass is 16.4. The van der Waals surface area contributed by atoms with Crippen LogP contribution in [0.15, 0.2) is 84.9 Å². The first-order chi connectivity index (χ1) is 19.6. The number of nitrogens with zero attached hydrogens (tertiary/aromatic N) is 2. The van der Waals surface area contributed by atoms with Crippen LogP contribution in [-0.2, 0) is 6.42 Å². The molecule has 0 aromatic heterocycles. The number of hydrogen-bond acceptors (Lipinski definition) is 6. The van der Waals surface area contributed by atoms with Gasteiger partial charge in [0.15, 0.2) is 0 Å². The van der Waals surface area contributed by atoms with Gasteiger partial charge in [0.05, 0.1) is 44.8 Å². The first-order valence-corrected chi connectivity index (χ1v) is 12.3. The molecule has 4 aromatic carbocycles. The number of carboxylic acid groups (broad SMARTS) is 2. The van der Waals surface area contributed by atoms with E-state index in [4.69, 9.17) is 0 Å². The molecule has 0 radical (unpaired) electrons. The molecule has 0 bridgehead atoms. The van der Waals surface area contributed by atoms with Crippen molar-refractivity contribution in [1.82, 2.24) is 0 Å². The van der Waals surface area contributed by atoms with E-state index in [0.29, 0.717) is 17.8 Å². The number of aromatic carboxylic acids is 2. The second-order valence-corrected chi connectivity index (χ2v) is 9.53. The highest BCUT2D eigenvalue weighted by Crippen LogP contribution is 2.31. The Morgan fingerprint density at radius 1 is 0.488 bits per heavy atom. The fourth-order valence-corrected chi connectivity index (χ4v) is 4.98. The van der Waals surface area contributed by atoms with E-state index < -0.39 is 35.6 Å². The minimum atomic E-state index is -1.19. The molecule has 0 saturated carbocycles. The van der Waals surface area contributed by atoms with Crippen molar-refractivity contribution in [3.05, 3.63) is 129 Å². The fraction of sp³-hybridized carbons (Fsp3) is 0.0323. The first-order valence-electron chi connectivity index (χ1n) is 12.3. The van der Waals surface area contributed by atoms with Crippen LogP contribution in [0.5, 0.6) is 0 Å². The number of carboxylic acids is 2. The van der Waals surface area contributed by atoms with Gasteiger partial charge < -0.3 is 10.2 Å². The summed E-state index contributed by atoms with van der Waals surface area (Å²) < 4.78 is 0. The molecule has 0 saturated heterocycles. The third-order valence-corrected chi connectivity index (χ3v) is 7.06. The summed E-state index contributed by atoms with van der Waals surface area (Å²) in [7, 11) is 0. The third-order valence-electron chi connectivity index (χ3n) is 7.06. The maximum absolute atomic E-state index is 12.9. The number of carbonyl (C=O) groups excluding carboxylic acids is 4. The lowest BCUT2D eigenvalue weighted by molar-refractivity contribution is 0.0686. The molecule has 41 heavy (non-hydrogen) atoms. The lowest BCUT2D eigenvalue weighted by Gasteiger charge is -2.15. The maximum Gasteiger partial charge on any atom is 0.335 e. The fourth-order valence-electron chi connectivity index (χ4n) is 4.98. The minimum absolute atomic E-state index is 0.0412. The molecule has 2 heterocycles. The van der Waals surface area contributed by atoms with Gasteiger partial charge in [-0.25, -0.2) is 19.4 Å². The number of fused-ring (bicyclic) bond motifs is 2. The van der Waals surface area contributed by atoms with E-state index in [-0.39, 0.29) is 33.4 Å². The van der Waals surface area contributed by atoms with Gasteiger partial charge in [0.1, 0.15) is 0 Å². The molecule has 10 heteroatoms. The van der Waals surface area contributed by atoms with Crippen LogP contribution in [0.1, 0.15) is 73.3 Å². The normalized spacial score (nSPS) is 14.0. The predicted molar refractivity (Wildman–Crippen MR) is 145 cm³/mol. The van der Waals surface area contributed by atoms with Gasteiger partial charge in [-0.2, -0.15) is 0 Å². The first kappa shape index (κ1) is 25.4. The summed E-state index contributed by atoms with van der Waals surface area (Å²) in [5.74, 6) is -4.63. The Hall–Kier alpha value is -5.90. The van der Waals surface area contributed by atoms with Crippen molar-refractivity contribution in [3.63, 3.8) is 0 Å². The van der Waals surface area contributed by atoms with Gasteiger partial charge in [-0.05, 0) is 78.2 Å². The highest BCUT2D eigenvalue weighted by molar-refractivity contribution is 6.35. The zero-order valence-electron chi connectivity index (χ0n) is 21.0. The second-order valence-electron chi connectivity index (χ2n) is 9.53. The van der Waals surface area contributed by atoms with Crippen LogP contribution in [0, 0.1) is 0 Å². The van der Waals surface area contributed by atoms with Crippen molar-refractivity contribution >= 4 is 46.9 Å². The molecule has 6 rings (SSSR count). The Balaban J connectivity index is 1.17. The van der Waals surface area contributed by atoms with Crippen molar-refractivity contribution in [2.75, 3.05) is 9.80 Å². The van der Waals surface area contributed by atoms with Crippen LogP contribution in [0.3, 0.4) is 0 Å². The molecule has 10 nitrogen and oxygen atoms in total.